The Morgan fingerprint density at radius 2 is 2.14 bits per heavy atom. The Balaban J connectivity index is 1.40. The third kappa shape index (κ3) is 3.40. The molecule has 1 aliphatic rings. The third-order valence-corrected chi connectivity index (χ3v) is 5.50. The highest BCUT2D eigenvalue weighted by molar-refractivity contribution is 5.98. The Morgan fingerprint density at radius 3 is 2.89 bits per heavy atom. The van der Waals surface area contributed by atoms with Crippen molar-refractivity contribution in [3.63, 3.8) is 0 Å². The van der Waals surface area contributed by atoms with Gasteiger partial charge in [0.2, 0.25) is 5.91 Å². The molecule has 2 N–H and O–H groups in total. The number of aromatic nitrogens is 2. The van der Waals surface area contributed by atoms with E-state index >= 15 is 0 Å². The molecule has 3 aromatic rings. The molecule has 146 valence electrons. The first-order chi connectivity index (χ1) is 13.5. The second-order valence-corrected chi connectivity index (χ2v) is 7.30. The van der Waals surface area contributed by atoms with E-state index in [-0.39, 0.29) is 24.3 Å². The fraction of sp³-hybridized carbons (Fsp3) is 0.381. The summed E-state index contributed by atoms with van der Waals surface area (Å²) in [5, 5.41) is 3.89. The van der Waals surface area contributed by atoms with Crippen LogP contribution < -0.4 is 5.32 Å². The average molecular weight is 380 g/mol. The summed E-state index contributed by atoms with van der Waals surface area (Å²) in [5.74, 6) is 0.146. The highest BCUT2D eigenvalue weighted by Crippen LogP contribution is 2.25. The number of benzene rings is 1. The standard InChI is InChI=1S/C21H24N4O3/c1-13-16-7-3-4-8-18(16)28-20(13)21(27)22-11-15-6-5-9-25(15)19(26)10-17-14(2)23-12-24-17/h3-4,7-8,12,15H,5-6,9-11H2,1-2H3,(H,22,27)(H,23,24)/t15-/m1/s1. The average Bonchev–Trinajstić information content (AvgIpc) is 3.40. The second-order valence-electron chi connectivity index (χ2n) is 7.30. The summed E-state index contributed by atoms with van der Waals surface area (Å²) in [6.07, 6.45) is 3.71. The van der Waals surface area contributed by atoms with Crippen LogP contribution in [-0.2, 0) is 11.2 Å². The van der Waals surface area contributed by atoms with Gasteiger partial charge >= 0.3 is 0 Å². The van der Waals surface area contributed by atoms with Crippen LogP contribution in [0.4, 0.5) is 0 Å². The Bertz CT molecular complexity index is 1020. The minimum absolute atomic E-state index is 0.000354. The Hall–Kier alpha value is -3.09. The van der Waals surface area contributed by atoms with E-state index < -0.39 is 0 Å². The maximum atomic E-state index is 12.7. The zero-order chi connectivity index (χ0) is 19.7. The van der Waals surface area contributed by atoms with Crippen molar-refractivity contribution in [3.05, 3.63) is 53.3 Å². The molecule has 0 spiro atoms. The molecule has 0 radical (unpaired) electrons. The zero-order valence-electron chi connectivity index (χ0n) is 16.1. The van der Waals surface area contributed by atoms with Gasteiger partial charge in [0, 0.05) is 35.8 Å². The van der Waals surface area contributed by atoms with E-state index in [1.54, 1.807) is 6.33 Å². The first-order valence-corrected chi connectivity index (χ1v) is 9.59. The fourth-order valence-corrected chi connectivity index (χ4v) is 3.87. The molecular weight excluding hydrogens is 356 g/mol. The zero-order valence-corrected chi connectivity index (χ0v) is 16.1. The van der Waals surface area contributed by atoms with Gasteiger partial charge in [-0.25, -0.2) is 4.98 Å². The SMILES string of the molecule is Cc1[nH]cnc1CC(=O)N1CCC[C@@H]1CNC(=O)c1oc2ccccc2c1C. The lowest BCUT2D eigenvalue weighted by molar-refractivity contribution is -0.131. The van der Waals surface area contributed by atoms with Gasteiger partial charge in [0.1, 0.15) is 5.58 Å². The Kier molecular flexibility index (Phi) is 4.90. The maximum Gasteiger partial charge on any atom is 0.287 e. The van der Waals surface area contributed by atoms with Crippen LogP contribution in [0.15, 0.2) is 35.0 Å². The predicted octanol–water partition coefficient (Wildman–Crippen LogP) is 2.74. The topological polar surface area (TPSA) is 91.2 Å². The van der Waals surface area contributed by atoms with Crippen molar-refractivity contribution < 1.29 is 14.0 Å². The highest BCUT2D eigenvalue weighted by atomic mass is 16.3. The van der Waals surface area contributed by atoms with Gasteiger partial charge in [-0.05, 0) is 32.8 Å². The number of hydrogen-bond donors (Lipinski definition) is 2. The maximum absolute atomic E-state index is 12.7. The monoisotopic (exact) mass is 380 g/mol. The number of aryl methyl sites for hydroxylation is 2. The Labute approximate surface area is 163 Å². The lowest BCUT2D eigenvalue weighted by Gasteiger charge is -2.24. The quantitative estimate of drug-likeness (QED) is 0.712. The van der Waals surface area contributed by atoms with Crippen LogP contribution in [0.2, 0.25) is 0 Å². The van der Waals surface area contributed by atoms with Gasteiger partial charge in [0.05, 0.1) is 18.4 Å². The number of carbonyl (C=O) groups is 2. The van der Waals surface area contributed by atoms with Gasteiger partial charge in [-0.2, -0.15) is 0 Å². The van der Waals surface area contributed by atoms with E-state index in [1.807, 2.05) is 43.0 Å². The van der Waals surface area contributed by atoms with Crippen molar-refractivity contribution in [3.8, 4) is 0 Å². The molecule has 28 heavy (non-hydrogen) atoms. The third-order valence-electron chi connectivity index (χ3n) is 5.50. The second kappa shape index (κ2) is 7.50. The number of imidazole rings is 1. The fourth-order valence-electron chi connectivity index (χ4n) is 3.87. The van der Waals surface area contributed by atoms with Crippen molar-refractivity contribution in [2.45, 2.75) is 39.2 Å². The molecule has 1 saturated heterocycles. The van der Waals surface area contributed by atoms with Crippen molar-refractivity contribution >= 4 is 22.8 Å². The van der Waals surface area contributed by atoms with Gasteiger partial charge in [-0.15, -0.1) is 0 Å². The van der Waals surface area contributed by atoms with Crippen LogP contribution in [0.25, 0.3) is 11.0 Å². The van der Waals surface area contributed by atoms with Crippen LogP contribution in [-0.4, -0.2) is 45.8 Å². The number of nitrogens with zero attached hydrogens (tertiary/aromatic N) is 2. The van der Waals surface area contributed by atoms with Gasteiger partial charge in [0.25, 0.3) is 5.91 Å². The van der Waals surface area contributed by atoms with Gasteiger partial charge in [-0.3, -0.25) is 9.59 Å². The lowest BCUT2D eigenvalue weighted by Crippen LogP contribution is -2.43. The molecule has 0 aliphatic carbocycles. The molecular formula is C21H24N4O3. The molecule has 7 nitrogen and oxygen atoms in total. The summed E-state index contributed by atoms with van der Waals surface area (Å²) in [6, 6.07) is 7.61. The summed E-state index contributed by atoms with van der Waals surface area (Å²) >= 11 is 0. The minimum atomic E-state index is -0.240. The van der Waals surface area contributed by atoms with Gasteiger partial charge in [0.15, 0.2) is 5.76 Å². The molecule has 2 amide bonds. The number of hydrogen-bond acceptors (Lipinski definition) is 4. The molecule has 3 heterocycles. The van der Waals surface area contributed by atoms with Crippen LogP contribution >= 0.6 is 0 Å². The summed E-state index contributed by atoms with van der Waals surface area (Å²) in [7, 11) is 0. The van der Waals surface area contributed by atoms with Gasteiger partial charge < -0.3 is 19.6 Å². The number of fused-ring (bicyclic) bond motifs is 1. The molecule has 0 saturated carbocycles. The van der Waals surface area contributed by atoms with Crippen molar-refractivity contribution in [2.75, 3.05) is 13.1 Å². The predicted molar refractivity (Wildman–Crippen MR) is 105 cm³/mol. The molecule has 4 rings (SSSR count). The van der Waals surface area contributed by atoms with E-state index in [2.05, 4.69) is 15.3 Å². The van der Waals surface area contributed by atoms with Crippen LogP contribution in [0.5, 0.6) is 0 Å². The molecule has 1 atom stereocenters. The number of aromatic amines is 1. The molecule has 1 aromatic carbocycles. The summed E-state index contributed by atoms with van der Waals surface area (Å²) in [5.41, 5.74) is 3.23. The smallest absolute Gasteiger partial charge is 0.287 e. The summed E-state index contributed by atoms with van der Waals surface area (Å²) in [6.45, 7) is 4.93. The van der Waals surface area contributed by atoms with E-state index in [1.165, 1.54) is 0 Å². The molecule has 0 bridgehead atoms. The highest BCUT2D eigenvalue weighted by Gasteiger charge is 2.30. The summed E-state index contributed by atoms with van der Waals surface area (Å²) < 4.78 is 5.73. The van der Waals surface area contributed by atoms with Crippen molar-refractivity contribution in [1.82, 2.24) is 20.2 Å². The van der Waals surface area contributed by atoms with Crippen LogP contribution in [0.3, 0.4) is 0 Å². The lowest BCUT2D eigenvalue weighted by atomic mass is 10.1. The van der Waals surface area contributed by atoms with E-state index in [0.717, 1.165) is 35.2 Å². The van der Waals surface area contributed by atoms with Crippen molar-refractivity contribution in [1.29, 1.82) is 0 Å². The molecule has 0 unspecified atom stereocenters. The normalized spacial score (nSPS) is 16.6. The number of rotatable bonds is 5. The molecule has 1 aliphatic heterocycles. The molecule has 2 aromatic heterocycles. The summed E-state index contributed by atoms with van der Waals surface area (Å²) in [4.78, 5) is 34.4. The first kappa shape index (κ1) is 18.3. The number of para-hydroxylation sites is 1. The van der Waals surface area contributed by atoms with Crippen LogP contribution in [0.1, 0.15) is 40.3 Å². The number of H-pyrrole nitrogens is 1. The van der Waals surface area contributed by atoms with E-state index in [0.29, 0.717) is 24.4 Å². The number of nitrogens with one attached hydrogen (secondary N) is 2. The minimum Gasteiger partial charge on any atom is -0.451 e. The number of furan rings is 1. The van der Waals surface area contributed by atoms with E-state index in [4.69, 9.17) is 4.42 Å². The van der Waals surface area contributed by atoms with E-state index in [9.17, 15) is 9.59 Å². The Morgan fingerprint density at radius 1 is 1.32 bits per heavy atom. The molecule has 7 heteroatoms. The number of likely N-dealkylation sites (tertiary alicyclic amines) is 1. The number of carbonyl (C=O) groups excluding carboxylic acids is 2. The number of amides is 2. The molecule has 1 fully saturated rings. The largest absolute Gasteiger partial charge is 0.451 e. The van der Waals surface area contributed by atoms with Gasteiger partial charge in [-0.1, -0.05) is 18.2 Å². The van der Waals surface area contributed by atoms with Crippen molar-refractivity contribution in [2.24, 2.45) is 0 Å². The van der Waals surface area contributed by atoms with Crippen LogP contribution in [0, 0.1) is 13.8 Å². The first-order valence-electron chi connectivity index (χ1n) is 9.59.